The first-order chi connectivity index (χ1) is 6.79. The van der Waals surface area contributed by atoms with E-state index in [2.05, 4.69) is 4.98 Å². The van der Waals surface area contributed by atoms with Crippen LogP contribution >= 0.6 is 23.2 Å². The molecule has 0 radical (unpaired) electrons. The van der Waals surface area contributed by atoms with Crippen molar-refractivity contribution in [1.82, 2.24) is 4.98 Å². The van der Waals surface area contributed by atoms with E-state index in [9.17, 15) is 0 Å². The Morgan fingerprint density at radius 2 is 2.07 bits per heavy atom. The average Bonchev–Trinajstić information content (AvgIpc) is 2.74. The van der Waals surface area contributed by atoms with Crippen molar-refractivity contribution in [1.29, 1.82) is 0 Å². The van der Waals surface area contributed by atoms with Gasteiger partial charge in [0.05, 0.1) is 6.20 Å². The number of hydrogen-bond acceptors (Lipinski definition) is 3. The molecule has 0 aromatic carbocycles. The lowest BCUT2D eigenvalue weighted by molar-refractivity contribution is 0.488. The van der Waals surface area contributed by atoms with Gasteiger partial charge in [-0.05, 0) is 23.7 Å². The Hall–Kier alpha value is -0.930. The molecule has 0 saturated carbocycles. The largest absolute Gasteiger partial charge is 0.441 e. The van der Waals surface area contributed by atoms with Gasteiger partial charge >= 0.3 is 0 Å². The maximum Gasteiger partial charge on any atom is 0.196 e. The van der Waals surface area contributed by atoms with Gasteiger partial charge < -0.3 is 8.83 Å². The lowest BCUT2D eigenvalue weighted by Crippen LogP contribution is -1.83. The first-order valence-corrected chi connectivity index (χ1v) is 4.97. The molecule has 2 heterocycles. The minimum atomic E-state index is 0.329. The Labute approximate surface area is 90.6 Å². The Kier molecular flexibility index (Phi) is 2.79. The second kappa shape index (κ2) is 4.07. The second-order valence-corrected chi connectivity index (χ2v) is 3.41. The Bertz CT molecular complexity index is 422. The van der Waals surface area contributed by atoms with Crippen molar-refractivity contribution in [3.8, 4) is 11.5 Å². The van der Waals surface area contributed by atoms with Crippen LogP contribution in [0.25, 0.3) is 11.5 Å². The number of oxazole rings is 1. The summed E-state index contributed by atoms with van der Waals surface area (Å²) >= 11 is 11.2. The minimum absolute atomic E-state index is 0.329. The molecule has 0 aliphatic rings. The van der Waals surface area contributed by atoms with Crippen LogP contribution in [0.1, 0.15) is 5.89 Å². The van der Waals surface area contributed by atoms with Gasteiger partial charge in [-0.2, -0.15) is 0 Å². The standard InChI is InChI=1S/C9H7Cl2NO2/c10-4-3-9-12-5-7(14-9)6-1-2-8(11)13-6/h1-2,5H,3-4H2. The molecule has 0 spiro atoms. The molecule has 3 nitrogen and oxygen atoms in total. The highest BCUT2D eigenvalue weighted by Gasteiger charge is 2.09. The smallest absolute Gasteiger partial charge is 0.196 e. The van der Waals surface area contributed by atoms with E-state index in [4.69, 9.17) is 32.0 Å². The molecule has 0 atom stereocenters. The van der Waals surface area contributed by atoms with E-state index in [1.54, 1.807) is 18.3 Å². The van der Waals surface area contributed by atoms with Crippen molar-refractivity contribution >= 4 is 23.2 Å². The van der Waals surface area contributed by atoms with E-state index in [1.807, 2.05) is 0 Å². The number of nitrogens with zero attached hydrogens (tertiary/aromatic N) is 1. The predicted octanol–water partition coefficient (Wildman–Crippen LogP) is 3.37. The van der Waals surface area contributed by atoms with Crippen LogP contribution in [0.3, 0.4) is 0 Å². The molecule has 0 amide bonds. The number of aryl methyl sites for hydroxylation is 1. The molecule has 14 heavy (non-hydrogen) atoms. The molecular weight excluding hydrogens is 225 g/mol. The highest BCUT2D eigenvalue weighted by Crippen LogP contribution is 2.25. The Morgan fingerprint density at radius 1 is 1.21 bits per heavy atom. The normalized spacial score (nSPS) is 10.7. The Morgan fingerprint density at radius 3 is 2.71 bits per heavy atom. The van der Waals surface area contributed by atoms with E-state index >= 15 is 0 Å². The van der Waals surface area contributed by atoms with Gasteiger partial charge in [-0.1, -0.05) is 0 Å². The van der Waals surface area contributed by atoms with Crippen LogP contribution in [0.4, 0.5) is 0 Å². The second-order valence-electron chi connectivity index (χ2n) is 2.66. The highest BCUT2D eigenvalue weighted by atomic mass is 35.5. The molecule has 0 aliphatic carbocycles. The van der Waals surface area contributed by atoms with E-state index < -0.39 is 0 Å². The van der Waals surface area contributed by atoms with Crippen LogP contribution in [-0.2, 0) is 6.42 Å². The fourth-order valence-corrected chi connectivity index (χ4v) is 1.38. The van der Waals surface area contributed by atoms with E-state index in [-0.39, 0.29) is 0 Å². The van der Waals surface area contributed by atoms with Gasteiger partial charge in [0, 0.05) is 12.3 Å². The number of rotatable bonds is 3. The third kappa shape index (κ3) is 1.94. The van der Waals surface area contributed by atoms with Crippen LogP contribution in [0.5, 0.6) is 0 Å². The van der Waals surface area contributed by atoms with Gasteiger partial charge in [0.25, 0.3) is 0 Å². The molecule has 2 aromatic heterocycles. The zero-order chi connectivity index (χ0) is 9.97. The molecule has 0 fully saturated rings. The monoisotopic (exact) mass is 231 g/mol. The fraction of sp³-hybridized carbons (Fsp3) is 0.222. The van der Waals surface area contributed by atoms with Crippen LogP contribution < -0.4 is 0 Å². The quantitative estimate of drug-likeness (QED) is 0.761. The Balaban J connectivity index is 2.24. The van der Waals surface area contributed by atoms with Crippen molar-refractivity contribution in [2.45, 2.75) is 6.42 Å². The predicted molar refractivity (Wildman–Crippen MR) is 53.6 cm³/mol. The first kappa shape index (κ1) is 9.62. The lowest BCUT2D eigenvalue weighted by Gasteiger charge is -1.88. The molecule has 5 heteroatoms. The molecular formula is C9H7Cl2NO2. The molecule has 0 N–H and O–H groups in total. The van der Waals surface area contributed by atoms with Crippen LogP contribution in [0.15, 0.2) is 27.2 Å². The first-order valence-electron chi connectivity index (χ1n) is 4.06. The van der Waals surface area contributed by atoms with E-state index in [1.165, 1.54) is 0 Å². The highest BCUT2D eigenvalue weighted by molar-refractivity contribution is 6.28. The number of alkyl halides is 1. The van der Waals surface area contributed by atoms with Crippen molar-refractivity contribution in [2.24, 2.45) is 0 Å². The zero-order valence-electron chi connectivity index (χ0n) is 7.17. The van der Waals surface area contributed by atoms with E-state index in [0.717, 1.165) is 0 Å². The van der Waals surface area contributed by atoms with Crippen molar-refractivity contribution in [2.75, 3.05) is 5.88 Å². The van der Waals surface area contributed by atoms with Crippen LogP contribution in [0.2, 0.25) is 5.22 Å². The fourth-order valence-electron chi connectivity index (χ4n) is 1.07. The van der Waals surface area contributed by atoms with Gasteiger partial charge in [-0.15, -0.1) is 11.6 Å². The summed E-state index contributed by atoms with van der Waals surface area (Å²) in [5.74, 6) is 2.22. The van der Waals surface area contributed by atoms with Gasteiger partial charge in [0.1, 0.15) is 0 Å². The van der Waals surface area contributed by atoms with Gasteiger partial charge in [0.15, 0.2) is 22.6 Å². The van der Waals surface area contributed by atoms with Crippen LogP contribution in [-0.4, -0.2) is 10.9 Å². The summed E-state index contributed by atoms with van der Waals surface area (Å²) in [6.07, 6.45) is 2.20. The topological polar surface area (TPSA) is 39.2 Å². The SMILES string of the molecule is ClCCc1ncc(-c2ccc(Cl)o2)o1. The molecule has 0 saturated heterocycles. The van der Waals surface area contributed by atoms with Crippen molar-refractivity contribution < 1.29 is 8.83 Å². The summed E-state index contributed by atoms with van der Waals surface area (Å²) in [6, 6.07) is 3.38. The molecule has 0 unspecified atom stereocenters. The molecule has 74 valence electrons. The van der Waals surface area contributed by atoms with Gasteiger partial charge in [-0.3, -0.25) is 0 Å². The minimum Gasteiger partial charge on any atom is -0.441 e. The summed E-state index contributed by atoms with van der Waals surface area (Å²) < 4.78 is 10.5. The third-order valence-corrected chi connectivity index (χ3v) is 2.07. The molecule has 2 aromatic rings. The number of aromatic nitrogens is 1. The number of furan rings is 1. The van der Waals surface area contributed by atoms with Gasteiger partial charge in [-0.25, -0.2) is 4.98 Å². The number of halogens is 2. The van der Waals surface area contributed by atoms with Crippen LogP contribution in [0, 0.1) is 0 Å². The summed E-state index contributed by atoms with van der Waals surface area (Å²) in [5.41, 5.74) is 0. The van der Waals surface area contributed by atoms with E-state index in [0.29, 0.717) is 34.9 Å². The van der Waals surface area contributed by atoms with Crippen molar-refractivity contribution in [3.05, 3.63) is 29.4 Å². The van der Waals surface area contributed by atoms with Crippen molar-refractivity contribution in [3.63, 3.8) is 0 Å². The zero-order valence-corrected chi connectivity index (χ0v) is 8.68. The lowest BCUT2D eigenvalue weighted by atomic mass is 10.4. The molecule has 0 bridgehead atoms. The maximum absolute atomic E-state index is 5.63. The summed E-state index contributed by atoms with van der Waals surface area (Å²) in [4.78, 5) is 4.04. The summed E-state index contributed by atoms with van der Waals surface area (Å²) in [6.45, 7) is 0. The summed E-state index contributed by atoms with van der Waals surface area (Å²) in [5, 5.41) is 0.329. The molecule has 2 rings (SSSR count). The molecule has 0 aliphatic heterocycles. The van der Waals surface area contributed by atoms with Gasteiger partial charge in [0.2, 0.25) is 0 Å². The number of hydrogen-bond donors (Lipinski definition) is 0. The average molecular weight is 232 g/mol. The maximum atomic E-state index is 5.63. The summed E-state index contributed by atoms with van der Waals surface area (Å²) in [7, 11) is 0. The third-order valence-electron chi connectivity index (χ3n) is 1.68.